The predicted octanol–water partition coefficient (Wildman–Crippen LogP) is 5.08. The molecule has 0 aromatic heterocycles. The molecule has 0 aliphatic carbocycles. The molecule has 1 N–H and O–H groups in total. The Morgan fingerprint density at radius 2 is 1.75 bits per heavy atom. The average molecular weight is 495 g/mol. The van der Waals surface area contributed by atoms with E-state index in [-0.39, 0.29) is 12.5 Å². The van der Waals surface area contributed by atoms with Crippen LogP contribution in [0.15, 0.2) is 42.5 Å². The van der Waals surface area contributed by atoms with Gasteiger partial charge in [0.15, 0.2) is 11.5 Å². The van der Waals surface area contributed by atoms with Crippen LogP contribution in [0.4, 0.5) is 4.39 Å². The van der Waals surface area contributed by atoms with Gasteiger partial charge in [-0.15, -0.1) is 0 Å². The van der Waals surface area contributed by atoms with Crippen LogP contribution in [0, 0.1) is 6.92 Å². The molecular formula is C29H35FN2O4. The number of methoxy groups -OCH3 is 2. The number of unbranched alkanes of at least 4 members (excludes halogenated alkanes) is 1. The topological polar surface area (TPSA) is 60.0 Å². The Labute approximate surface area is 212 Å². The first kappa shape index (κ1) is 25.8. The smallest absolute Gasteiger partial charge is 0.255 e. The number of hydrogen-bond acceptors (Lipinski definition) is 5. The van der Waals surface area contributed by atoms with Gasteiger partial charge in [-0.3, -0.25) is 9.69 Å². The average Bonchev–Trinajstić information content (AvgIpc) is 2.91. The van der Waals surface area contributed by atoms with E-state index in [2.05, 4.69) is 22.3 Å². The number of rotatable bonds is 11. The van der Waals surface area contributed by atoms with Crippen molar-refractivity contribution >= 4 is 16.7 Å². The van der Waals surface area contributed by atoms with Gasteiger partial charge in [-0.05, 0) is 73.0 Å². The zero-order valence-electron chi connectivity index (χ0n) is 21.4. The second kappa shape index (κ2) is 12.1. The molecule has 1 heterocycles. The van der Waals surface area contributed by atoms with Crippen LogP contribution in [0.5, 0.6) is 17.2 Å². The van der Waals surface area contributed by atoms with Crippen molar-refractivity contribution in [2.45, 2.75) is 32.7 Å². The molecule has 0 spiro atoms. The fraction of sp³-hybridized carbons (Fsp3) is 0.414. The molecule has 0 bridgehead atoms. The van der Waals surface area contributed by atoms with Crippen molar-refractivity contribution < 1.29 is 23.4 Å². The van der Waals surface area contributed by atoms with E-state index in [0.29, 0.717) is 17.9 Å². The van der Waals surface area contributed by atoms with Gasteiger partial charge in [-0.25, -0.2) is 4.39 Å². The highest BCUT2D eigenvalue weighted by atomic mass is 19.1. The molecule has 192 valence electrons. The van der Waals surface area contributed by atoms with Crippen molar-refractivity contribution in [2.75, 3.05) is 47.1 Å². The van der Waals surface area contributed by atoms with Gasteiger partial charge >= 0.3 is 0 Å². The zero-order valence-corrected chi connectivity index (χ0v) is 21.4. The third kappa shape index (κ3) is 5.73. The van der Waals surface area contributed by atoms with Crippen LogP contribution >= 0.6 is 0 Å². The number of hydrogen-bond donors (Lipinski definition) is 1. The number of carbonyl (C=O) groups excluding carboxylic acids is 1. The summed E-state index contributed by atoms with van der Waals surface area (Å²) in [5.74, 6) is 1.80. The summed E-state index contributed by atoms with van der Waals surface area (Å²) in [5, 5.41) is 4.86. The maximum atomic E-state index is 13.0. The largest absolute Gasteiger partial charge is 0.493 e. The Balaban J connectivity index is 1.31. The second-order valence-electron chi connectivity index (χ2n) is 9.12. The van der Waals surface area contributed by atoms with Crippen LogP contribution < -0.4 is 19.5 Å². The molecule has 0 saturated carbocycles. The van der Waals surface area contributed by atoms with Crippen molar-refractivity contribution in [3.8, 4) is 17.2 Å². The first-order chi connectivity index (χ1) is 17.5. The summed E-state index contributed by atoms with van der Waals surface area (Å²) in [4.78, 5) is 15.5. The van der Waals surface area contributed by atoms with Crippen LogP contribution in [0.2, 0.25) is 0 Å². The molecule has 7 heteroatoms. The van der Waals surface area contributed by atoms with Crippen molar-refractivity contribution in [1.29, 1.82) is 0 Å². The van der Waals surface area contributed by atoms with Gasteiger partial charge in [0.05, 0.1) is 19.8 Å². The first-order valence-electron chi connectivity index (χ1n) is 12.5. The number of nitrogens with zero attached hydrogens (tertiary/aromatic N) is 1. The number of benzene rings is 3. The van der Waals surface area contributed by atoms with Gasteiger partial charge in [0.1, 0.15) is 19.0 Å². The Bertz CT molecular complexity index is 1210. The maximum Gasteiger partial charge on any atom is 0.255 e. The quantitative estimate of drug-likeness (QED) is 0.377. The van der Waals surface area contributed by atoms with Gasteiger partial charge in [0.2, 0.25) is 0 Å². The third-order valence-electron chi connectivity index (χ3n) is 6.75. The first-order valence-corrected chi connectivity index (χ1v) is 12.5. The molecular weight excluding hydrogens is 459 g/mol. The summed E-state index contributed by atoms with van der Waals surface area (Å²) in [6.07, 6.45) is 2.83. The highest BCUT2D eigenvalue weighted by Gasteiger charge is 2.20. The number of amides is 1. The number of halogens is 1. The molecule has 3 aromatic rings. The highest BCUT2D eigenvalue weighted by molar-refractivity contribution is 6.05. The minimum absolute atomic E-state index is 0.0784. The van der Waals surface area contributed by atoms with Crippen molar-refractivity contribution in [3.05, 3.63) is 64.7 Å². The minimum Gasteiger partial charge on any atom is -0.493 e. The van der Waals surface area contributed by atoms with Crippen molar-refractivity contribution in [3.63, 3.8) is 0 Å². The van der Waals surface area contributed by atoms with Crippen LogP contribution in [0.1, 0.15) is 39.9 Å². The van der Waals surface area contributed by atoms with E-state index in [1.54, 1.807) is 14.2 Å². The minimum atomic E-state index is -0.607. The Morgan fingerprint density at radius 3 is 2.47 bits per heavy atom. The maximum absolute atomic E-state index is 13.0. The number of fused-ring (bicyclic) bond motifs is 2. The molecule has 1 amide bonds. The molecule has 4 rings (SSSR count). The van der Waals surface area contributed by atoms with Crippen molar-refractivity contribution in [1.82, 2.24) is 10.2 Å². The molecule has 0 atom stereocenters. The number of aryl methyl sites for hydroxylation is 1. The number of ether oxygens (including phenoxy) is 3. The standard InChI is InChI=1S/C29H35FN2O4/c1-20-16-25(28(36-15-11-30)24-9-5-4-8-23(20)24)29(33)31-12-6-7-13-32-14-10-21-17-26(34-2)27(35-3)18-22(21)19-32/h4-5,8-9,16-18H,6-7,10-15,19H2,1-3H3,(H,31,33). The van der Waals surface area contributed by atoms with Crippen LogP contribution in [-0.2, 0) is 13.0 Å². The van der Waals surface area contributed by atoms with Gasteiger partial charge in [-0.1, -0.05) is 24.3 Å². The molecule has 0 saturated heterocycles. The van der Waals surface area contributed by atoms with E-state index in [1.807, 2.05) is 37.3 Å². The number of carbonyl (C=O) groups is 1. The monoisotopic (exact) mass is 494 g/mol. The molecule has 0 fully saturated rings. The summed E-state index contributed by atoms with van der Waals surface area (Å²) >= 11 is 0. The lowest BCUT2D eigenvalue weighted by Crippen LogP contribution is -2.32. The van der Waals surface area contributed by atoms with Crippen LogP contribution in [0.3, 0.4) is 0 Å². The lowest BCUT2D eigenvalue weighted by Gasteiger charge is -2.29. The molecule has 0 radical (unpaired) electrons. The molecule has 1 aliphatic heterocycles. The summed E-state index contributed by atoms with van der Waals surface area (Å²) in [5.41, 5.74) is 4.03. The van der Waals surface area contributed by atoms with Crippen LogP contribution in [-0.4, -0.2) is 57.9 Å². The molecule has 6 nitrogen and oxygen atoms in total. The summed E-state index contributed by atoms with van der Waals surface area (Å²) < 4.78 is 29.4. The Hall–Kier alpha value is -3.32. The van der Waals surface area contributed by atoms with E-state index in [0.717, 1.165) is 66.7 Å². The van der Waals surface area contributed by atoms with E-state index < -0.39 is 6.67 Å². The lowest BCUT2D eigenvalue weighted by atomic mass is 9.98. The van der Waals surface area contributed by atoms with E-state index >= 15 is 0 Å². The number of nitrogens with one attached hydrogen (secondary N) is 1. The van der Waals surface area contributed by atoms with Crippen LogP contribution in [0.25, 0.3) is 10.8 Å². The fourth-order valence-electron chi connectivity index (χ4n) is 4.88. The van der Waals surface area contributed by atoms with Gasteiger partial charge in [0, 0.05) is 25.0 Å². The Kier molecular flexibility index (Phi) is 8.65. The highest BCUT2D eigenvalue weighted by Crippen LogP contribution is 2.34. The molecule has 3 aromatic carbocycles. The summed E-state index contributed by atoms with van der Waals surface area (Å²) in [6, 6.07) is 13.7. The summed E-state index contributed by atoms with van der Waals surface area (Å²) in [6.45, 7) is 4.70. The number of alkyl halides is 1. The molecule has 1 aliphatic rings. The third-order valence-corrected chi connectivity index (χ3v) is 6.75. The van der Waals surface area contributed by atoms with Gasteiger partial charge < -0.3 is 19.5 Å². The second-order valence-corrected chi connectivity index (χ2v) is 9.12. The van der Waals surface area contributed by atoms with Gasteiger partial charge in [0.25, 0.3) is 5.91 Å². The Morgan fingerprint density at radius 1 is 1.03 bits per heavy atom. The van der Waals surface area contributed by atoms with E-state index in [1.165, 1.54) is 11.1 Å². The van der Waals surface area contributed by atoms with E-state index in [9.17, 15) is 9.18 Å². The lowest BCUT2D eigenvalue weighted by molar-refractivity contribution is 0.0948. The predicted molar refractivity (Wildman–Crippen MR) is 140 cm³/mol. The summed E-state index contributed by atoms with van der Waals surface area (Å²) in [7, 11) is 3.33. The fourth-order valence-corrected chi connectivity index (χ4v) is 4.88. The van der Waals surface area contributed by atoms with E-state index in [4.69, 9.17) is 14.2 Å². The normalized spacial score (nSPS) is 13.3. The zero-order chi connectivity index (χ0) is 25.5. The molecule has 36 heavy (non-hydrogen) atoms. The SMILES string of the molecule is COc1cc2c(cc1OC)CN(CCCCNC(=O)c1cc(C)c3ccccc3c1OCCF)CC2. The van der Waals surface area contributed by atoms with Crippen molar-refractivity contribution in [2.24, 2.45) is 0 Å². The van der Waals surface area contributed by atoms with Gasteiger partial charge in [-0.2, -0.15) is 0 Å². The molecule has 0 unspecified atom stereocenters.